The van der Waals surface area contributed by atoms with Crippen molar-refractivity contribution in [2.75, 3.05) is 20.8 Å². The van der Waals surface area contributed by atoms with Crippen molar-refractivity contribution >= 4 is 21.7 Å². The van der Waals surface area contributed by atoms with Crippen LogP contribution in [0.25, 0.3) is 11.1 Å². The monoisotopic (exact) mass is 474 g/mol. The quantitative estimate of drug-likeness (QED) is 0.447. The largest absolute Gasteiger partial charge is 0.497 e. The molecule has 3 aromatic rings. The van der Waals surface area contributed by atoms with Gasteiger partial charge in [0.1, 0.15) is 30.0 Å². The topological polar surface area (TPSA) is 71.1 Å². The fourth-order valence-electron chi connectivity index (χ4n) is 3.65. The highest BCUT2D eigenvalue weighted by Crippen LogP contribution is 2.45. The van der Waals surface area contributed by atoms with Crippen LogP contribution in [0.15, 0.2) is 59.5 Å². The van der Waals surface area contributed by atoms with E-state index < -0.39 is 16.2 Å². The molecule has 1 unspecified atom stereocenters. The molecule has 1 heterocycles. The number of aryl methyl sites for hydroxylation is 1. The lowest BCUT2D eigenvalue weighted by Crippen LogP contribution is -2.23. The van der Waals surface area contributed by atoms with Gasteiger partial charge in [0.25, 0.3) is 10.1 Å². The predicted octanol–water partition coefficient (Wildman–Crippen LogP) is 5.04. The molecule has 168 valence electrons. The van der Waals surface area contributed by atoms with E-state index in [0.29, 0.717) is 28.7 Å². The van der Waals surface area contributed by atoms with Gasteiger partial charge in [-0.2, -0.15) is 8.42 Å². The standard InChI is InChI=1S/C24H23ClO6S/c1-15-4-7-20(8-5-15)32(26,27)30-14-19-11-16-10-17(25)12-22(24(16)31-19)21-9-6-18(28-2)13-23(21)29-3/h4-10,12-13,19H,11,14H2,1-3H3. The molecule has 1 aliphatic heterocycles. The molecule has 1 aliphatic rings. The Morgan fingerprint density at radius 3 is 2.44 bits per heavy atom. The maximum absolute atomic E-state index is 12.5. The fourth-order valence-corrected chi connectivity index (χ4v) is 4.82. The van der Waals surface area contributed by atoms with E-state index in [1.807, 2.05) is 25.1 Å². The van der Waals surface area contributed by atoms with E-state index in [1.54, 1.807) is 38.5 Å². The molecule has 0 N–H and O–H groups in total. The van der Waals surface area contributed by atoms with Crippen LogP contribution in [0, 0.1) is 6.92 Å². The Bertz CT molecular complexity index is 1240. The van der Waals surface area contributed by atoms with Gasteiger partial charge in [0.05, 0.1) is 19.1 Å². The van der Waals surface area contributed by atoms with Gasteiger partial charge in [-0.1, -0.05) is 29.3 Å². The van der Waals surface area contributed by atoms with Crippen LogP contribution in [-0.2, 0) is 20.7 Å². The van der Waals surface area contributed by atoms with Gasteiger partial charge < -0.3 is 14.2 Å². The van der Waals surface area contributed by atoms with Gasteiger partial charge in [-0.25, -0.2) is 0 Å². The van der Waals surface area contributed by atoms with E-state index in [0.717, 1.165) is 22.3 Å². The van der Waals surface area contributed by atoms with Gasteiger partial charge in [0, 0.05) is 34.2 Å². The van der Waals surface area contributed by atoms with Crippen LogP contribution in [0.2, 0.25) is 5.02 Å². The zero-order valence-corrected chi connectivity index (χ0v) is 19.5. The Balaban J connectivity index is 1.57. The van der Waals surface area contributed by atoms with E-state index in [9.17, 15) is 8.42 Å². The van der Waals surface area contributed by atoms with Crippen molar-refractivity contribution in [1.82, 2.24) is 0 Å². The third kappa shape index (κ3) is 4.55. The number of ether oxygens (including phenoxy) is 3. The molecule has 0 bridgehead atoms. The lowest BCUT2D eigenvalue weighted by molar-refractivity contribution is 0.152. The molecule has 0 aliphatic carbocycles. The normalized spacial score (nSPS) is 15.2. The molecule has 6 nitrogen and oxygen atoms in total. The van der Waals surface area contributed by atoms with Crippen molar-refractivity contribution in [3.63, 3.8) is 0 Å². The minimum absolute atomic E-state index is 0.109. The number of halogens is 1. The summed E-state index contributed by atoms with van der Waals surface area (Å²) in [7, 11) is -0.714. The zero-order valence-electron chi connectivity index (χ0n) is 17.9. The molecule has 0 saturated carbocycles. The molecule has 0 radical (unpaired) electrons. The molecule has 4 rings (SSSR count). The smallest absolute Gasteiger partial charge is 0.297 e. The van der Waals surface area contributed by atoms with E-state index in [1.165, 1.54) is 12.1 Å². The number of hydrogen-bond donors (Lipinski definition) is 0. The molecule has 0 amide bonds. The summed E-state index contributed by atoms with van der Waals surface area (Å²) in [5.41, 5.74) is 3.40. The molecule has 1 atom stereocenters. The van der Waals surface area contributed by atoms with Gasteiger partial charge >= 0.3 is 0 Å². The second-order valence-electron chi connectivity index (χ2n) is 7.50. The summed E-state index contributed by atoms with van der Waals surface area (Å²) in [4.78, 5) is 0.116. The Hall–Kier alpha value is -2.74. The van der Waals surface area contributed by atoms with Gasteiger partial charge in [-0.15, -0.1) is 0 Å². The summed E-state index contributed by atoms with van der Waals surface area (Å²) in [5, 5.41) is 0.550. The van der Waals surface area contributed by atoms with Crippen LogP contribution in [0.4, 0.5) is 0 Å². The summed E-state index contributed by atoms with van der Waals surface area (Å²) >= 11 is 6.37. The SMILES string of the molecule is COc1ccc(-c2cc(Cl)cc3c2OC(COS(=O)(=O)c2ccc(C)cc2)C3)c(OC)c1. The Labute approximate surface area is 192 Å². The fraction of sp³-hybridized carbons (Fsp3) is 0.250. The van der Waals surface area contributed by atoms with Crippen molar-refractivity contribution in [3.8, 4) is 28.4 Å². The number of fused-ring (bicyclic) bond motifs is 1. The zero-order chi connectivity index (χ0) is 22.9. The lowest BCUT2D eigenvalue weighted by Gasteiger charge is -2.15. The van der Waals surface area contributed by atoms with E-state index >= 15 is 0 Å². The highest BCUT2D eigenvalue weighted by atomic mass is 35.5. The summed E-state index contributed by atoms with van der Waals surface area (Å²) < 4.78 is 47.3. The van der Waals surface area contributed by atoms with Crippen LogP contribution in [0.5, 0.6) is 17.2 Å². The van der Waals surface area contributed by atoms with E-state index in [2.05, 4.69) is 0 Å². The van der Waals surface area contributed by atoms with Gasteiger partial charge in [-0.3, -0.25) is 4.18 Å². The summed E-state index contributed by atoms with van der Waals surface area (Å²) in [5.74, 6) is 1.91. The first kappa shape index (κ1) is 22.5. The Morgan fingerprint density at radius 1 is 1.00 bits per heavy atom. The van der Waals surface area contributed by atoms with Crippen LogP contribution in [-0.4, -0.2) is 35.3 Å². The molecule has 8 heteroatoms. The lowest BCUT2D eigenvalue weighted by atomic mass is 9.99. The minimum Gasteiger partial charge on any atom is -0.497 e. The third-order valence-electron chi connectivity index (χ3n) is 5.28. The molecule has 0 spiro atoms. The predicted molar refractivity (Wildman–Crippen MR) is 122 cm³/mol. The maximum atomic E-state index is 12.5. The van der Waals surface area contributed by atoms with Crippen molar-refractivity contribution in [2.24, 2.45) is 0 Å². The molecule has 0 fully saturated rings. The third-order valence-corrected chi connectivity index (χ3v) is 6.79. The van der Waals surface area contributed by atoms with E-state index in [4.69, 9.17) is 30.0 Å². The van der Waals surface area contributed by atoms with Crippen LogP contribution >= 0.6 is 11.6 Å². The summed E-state index contributed by atoms with van der Waals surface area (Å²) in [6.07, 6.45) is 0.0109. The average Bonchev–Trinajstić information content (AvgIpc) is 3.20. The van der Waals surface area contributed by atoms with Crippen molar-refractivity contribution < 1.29 is 26.8 Å². The van der Waals surface area contributed by atoms with Crippen molar-refractivity contribution in [2.45, 2.75) is 24.3 Å². The second kappa shape index (κ2) is 9.02. The molecule has 32 heavy (non-hydrogen) atoms. The maximum Gasteiger partial charge on any atom is 0.297 e. The molecule has 0 saturated heterocycles. The minimum atomic E-state index is -3.88. The number of methoxy groups -OCH3 is 2. The average molecular weight is 475 g/mol. The molecular formula is C24H23ClO6S. The number of rotatable bonds is 7. The van der Waals surface area contributed by atoms with Crippen LogP contribution in [0.1, 0.15) is 11.1 Å². The summed E-state index contributed by atoms with van der Waals surface area (Å²) in [6.45, 7) is 1.78. The van der Waals surface area contributed by atoms with Crippen LogP contribution in [0.3, 0.4) is 0 Å². The second-order valence-corrected chi connectivity index (χ2v) is 9.56. The van der Waals surface area contributed by atoms with E-state index in [-0.39, 0.29) is 11.5 Å². The van der Waals surface area contributed by atoms with Crippen molar-refractivity contribution in [1.29, 1.82) is 0 Å². The van der Waals surface area contributed by atoms with Crippen LogP contribution < -0.4 is 14.2 Å². The first-order valence-electron chi connectivity index (χ1n) is 9.98. The highest BCUT2D eigenvalue weighted by molar-refractivity contribution is 7.86. The number of hydrogen-bond acceptors (Lipinski definition) is 6. The first-order valence-corrected chi connectivity index (χ1v) is 11.8. The van der Waals surface area contributed by atoms with Gasteiger partial charge in [0.15, 0.2) is 0 Å². The summed E-state index contributed by atoms with van der Waals surface area (Å²) in [6, 6.07) is 15.6. The highest BCUT2D eigenvalue weighted by Gasteiger charge is 2.29. The Morgan fingerprint density at radius 2 is 1.75 bits per heavy atom. The number of benzene rings is 3. The molecule has 3 aromatic carbocycles. The van der Waals surface area contributed by atoms with Gasteiger partial charge in [-0.05, 0) is 43.3 Å². The first-order chi connectivity index (χ1) is 15.3. The van der Waals surface area contributed by atoms with Crippen molar-refractivity contribution in [3.05, 3.63) is 70.7 Å². The molecular weight excluding hydrogens is 452 g/mol. The molecule has 0 aromatic heterocycles. The van der Waals surface area contributed by atoms with Gasteiger partial charge in [0.2, 0.25) is 0 Å². The Kier molecular flexibility index (Phi) is 6.33.